The number of nitrogens with zero attached hydrogens (tertiary/aromatic N) is 2. The number of para-hydroxylation sites is 1. The SMILES string of the molecule is CCC(=O)N1CCN(Cc2ccccc2OC(C)C)CC1. The molecule has 2 rings (SSSR count). The third-order valence-corrected chi connectivity index (χ3v) is 3.76. The summed E-state index contributed by atoms with van der Waals surface area (Å²) in [6, 6.07) is 8.23. The third-order valence-electron chi connectivity index (χ3n) is 3.76. The van der Waals surface area contributed by atoms with Crippen LogP contribution in [-0.4, -0.2) is 48.0 Å². The summed E-state index contributed by atoms with van der Waals surface area (Å²) in [7, 11) is 0. The molecule has 0 aromatic heterocycles. The van der Waals surface area contributed by atoms with Crippen LogP contribution in [0, 0.1) is 0 Å². The molecule has 4 heteroatoms. The van der Waals surface area contributed by atoms with Crippen LogP contribution >= 0.6 is 0 Å². The van der Waals surface area contributed by atoms with E-state index in [-0.39, 0.29) is 12.0 Å². The Balaban J connectivity index is 1.93. The number of benzene rings is 1. The van der Waals surface area contributed by atoms with Crippen molar-refractivity contribution < 1.29 is 9.53 Å². The fourth-order valence-electron chi connectivity index (χ4n) is 2.62. The lowest BCUT2D eigenvalue weighted by Gasteiger charge is -2.35. The van der Waals surface area contributed by atoms with Crippen molar-refractivity contribution in [1.29, 1.82) is 0 Å². The van der Waals surface area contributed by atoms with E-state index in [1.807, 2.05) is 37.8 Å². The first kappa shape index (κ1) is 15.8. The molecule has 0 N–H and O–H groups in total. The van der Waals surface area contributed by atoms with Gasteiger partial charge in [0, 0.05) is 44.7 Å². The first-order valence-corrected chi connectivity index (χ1v) is 7.84. The van der Waals surface area contributed by atoms with Gasteiger partial charge in [-0.1, -0.05) is 25.1 Å². The van der Waals surface area contributed by atoms with Crippen LogP contribution in [0.4, 0.5) is 0 Å². The molecule has 0 atom stereocenters. The molecule has 1 aromatic rings. The Bertz CT molecular complexity index is 466. The van der Waals surface area contributed by atoms with Crippen LogP contribution in [0.2, 0.25) is 0 Å². The lowest BCUT2D eigenvalue weighted by molar-refractivity contribution is -0.132. The average molecular weight is 290 g/mol. The zero-order valence-corrected chi connectivity index (χ0v) is 13.3. The lowest BCUT2D eigenvalue weighted by atomic mass is 10.1. The minimum absolute atomic E-state index is 0.185. The first-order valence-electron chi connectivity index (χ1n) is 7.84. The van der Waals surface area contributed by atoms with Crippen LogP contribution in [0.3, 0.4) is 0 Å². The minimum Gasteiger partial charge on any atom is -0.491 e. The van der Waals surface area contributed by atoms with Gasteiger partial charge in [0.1, 0.15) is 5.75 Å². The Hall–Kier alpha value is -1.55. The molecular weight excluding hydrogens is 264 g/mol. The Morgan fingerprint density at radius 1 is 1.19 bits per heavy atom. The molecule has 0 radical (unpaired) electrons. The second-order valence-electron chi connectivity index (χ2n) is 5.78. The van der Waals surface area contributed by atoms with Gasteiger partial charge in [0.05, 0.1) is 6.10 Å². The summed E-state index contributed by atoms with van der Waals surface area (Å²) in [4.78, 5) is 16.1. The molecule has 0 bridgehead atoms. The molecule has 0 spiro atoms. The molecule has 21 heavy (non-hydrogen) atoms. The average Bonchev–Trinajstić information content (AvgIpc) is 2.49. The monoisotopic (exact) mass is 290 g/mol. The summed E-state index contributed by atoms with van der Waals surface area (Å²) in [5.74, 6) is 1.23. The highest BCUT2D eigenvalue weighted by Crippen LogP contribution is 2.21. The summed E-state index contributed by atoms with van der Waals surface area (Å²) in [6.45, 7) is 10.4. The third kappa shape index (κ3) is 4.46. The van der Waals surface area contributed by atoms with Crippen molar-refractivity contribution in [2.24, 2.45) is 0 Å². The summed E-state index contributed by atoms with van der Waals surface area (Å²) in [6.07, 6.45) is 0.788. The molecule has 116 valence electrons. The van der Waals surface area contributed by atoms with E-state index in [0.717, 1.165) is 38.5 Å². The molecule has 0 unspecified atom stereocenters. The van der Waals surface area contributed by atoms with E-state index in [9.17, 15) is 4.79 Å². The smallest absolute Gasteiger partial charge is 0.222 e. The Labute approximate surface area is 127 Å². The predicted molar refractivity (Wildman–Crippen MR) is 84.4 cm³/mol. The summed E-state index contributed by atoms with van der Waals surface area (Å²) in [5.41, 5.74) is 1.22. The van der Waals surface area contributed by atoms with Crippen molar-refractivity contribution in [3.8, 4) is 5.75 Å². The maximum atomic E-state index is 11.7. The Kier molecular flexibility index (Phi) is 5.62. The zero-order valence-electron chi connectivity index (χ0n) is 13.3. The summed E-state index contributed by atoms with van der Waals surface area (Å²) in [5, 5.41) is 0. The second-order valence-corrected chi connectivity index (χ2v) is 5.78. The van der Waals surface area contributed by atoms with Gasteiger partial charge in [-0.2, -0.15) is 0 Å². The van der Waals surface area contributed by atoms with Crippen molar-refractivity contribution in [3.63, 3.8) is 0 Å². The quantitative estimate of drug-likeness (QED) is 0.835. The minimum atomic E-state index is 0.185. The van der Waals surface area contributed by atoms with Gasteiger partial charge in [-0.05, 0) is 19.9 Å². The summed E-state index contributed by atoms with van der Waals surface area (Å²) < 4.78 is 5.87. The number of amides is 1. The van der Waals surface area contributed by atoms with Gasteiger partial charge >= 0.3 is 0 Å². The van der Waals surface area contributed by atoms with Crippen molar-refractivity contribution >= 4 is 5.91 Å². The largest absolute Gasteiger partial charge is 0.491 e. The van der Waals surface area contributed by atoms with Crippen LogP contribution in [-0.2, 0) is 11.3 Å². The van der Waals surface area contributed by atoms with Gasteiger partial charge in [0.2, 0.25) is 5.91 Å². The number of rotatable bonds is 5. The van der Waals surface area contributed by atoms with Crippen molar-refractivity contribution in [3.05, 3.63) is 29.8 Å². The number of piperazine rings is 1. The normalized spacial score (nSPS) is 16.3. The number of carbonyl (C=O) groups is 1. The van der Waals surface area contributed by atoms with Gasteiger partial charge in [0.25, 0.3) is 0 Å². The van der Waals surface area contributed by atoms with Crippen molar-refractivity contribution in [1.82, 2.24) is 9.80 Å². The van der Waals surface area contributed by atoms with Crippen LogP contribution in [0.25, 0.3) is 0 Å². The molecule has 4 nitrogen and oxygen atoms in total. The molecule has 1 aliphatic rings. The number of ether oxygens (including phenoxy) is 1. The highest BCUT2D eigenvalue weighted by atomic mass is 16.5. The molecule has 1 saturated heterocycles. The highest BCUT2D eigenvalue weighted by Gasteiger charge is 2.20. The zero-order chi connectivity index (χ0) is 15.2. The van der Waals surface area contributed by atoms with Crippen LogP contribution in [0.1, 0.15) is 32.8 Å². The number of hydrogen-bond acceptors (Lipinski definition) is 3. The van der Waals surface area contributed by atoms with E-state index in [1.165, 1.54) is 5.56 Å². The Morgan fingerprint density at radius 2 is 1.86 bits per heavy atom. The molecule has 0 saturated carbocycles. The van der Waals surface area contributed by atoms with Gasteiger partial charge in [0.15, 0.2) is 0 Å². The molecule has 1 aliphatic heterocycles. The van der Waals surface area contributed by atoms with Crippen molar-refractivity contribution in [2.45, 2.75) is 39.8 Å². The van der Waals surface area contributed by atoms with E-state index >= 15 is 0 Å². The molecular formula is C17H26N2O2. The first-order chi connectivity index (χ1) is 10.1. The molecule has 1 fully saturated rings. The van der Waals surface area contributed by atoms with Gasteiger partial charge < -0.3 is 9.64 Å². The molecule has 0 aliphatic carbocycles. The van der Waals surface area contributed by atoms with Crippen molar-refractivity contribution in [2.75, 3.05) is 26.2 Å². The maximum Gasteiger partial charge on any atom is 0.222 e. The van der Waals surface area contributed by atoms with E-state index in [4.69, 9.17) is 4.74 Å². The highest BCUT2D eigenvalue weighted by molar-refractivity contribution is 5.75. The molecule has 1 heterocycles. The van der Waals surface area contributed by atoms with Gasteiger partial charge in [-0.3, -0.25) is 9.69 Å². The number of carbonyl (C=O) groups excluding carboxylic acids is 1. The standard InChI is InChI=1S/C17H26N2O2/c1-4-17(20)19-11-9-18(10-12-19)13-15-7-5-6-8-16(15)21-14(2)3/h5-8,14H,4,9-13H2,1-3H3. The lowest BCUT2D eigenvalue weighted by Crippen LogP contribution is -2.48. The van der Waals surface area contributed by atoms with E-state index in [0.29, 0.717) is 6.42 Å². The van der Waals surface area contributed by atoms with Crippen LogP contribution in [0.15, 0.2) is 24.3 Å². The topological polar surface area (TPSA) is 32.8 Å². The van der Waals surface area contributed by atoms with Crippen LogP contribution in [0.5, 0.6) is 5.75 Å². The van der Waals surface area contributed by atoms with Gasteiger partial charge in [-0.15, -0.1) is 0 Å². The molecule has 1 aromatic carbocycles. The Morgan fingerprint density at radius 3 is 2.48 bits per heavy atom. The predicted octanol–water partition coefficient (Wildman–Crippen LogP) is 2.53. The second kappa shape index (κ2) is 7.46. The number of hydrogen-bond donors (Lipinski definition) is 0. The van der Waals surface area contributed by atoms with E-state index in [2.05, 4.69) is 17.0 Å². The van der Waals surface area contributed by atoms with Crippen LogP contribution < -0.4 is 4.74 Å². The van der Waals surface area contributed by atoms with Gasteiger partial charge in [-0.25, -0.2) is 0 Å². The van der Waals surface area contributed by atoms with E-state index < -0.39 is 0 Å². The summed E-state index contributed by atoms with van der Waals surface area (Å²) >= 11 is 0. The fraction of sp³-hybridized carbons (Fsp3) is 0.588. The molecule has 1 amide bonds. The fourth-order valence-corrected chi connectivity index (χ4v) is 2.62. The maximum absolute atomic E-state index is 11.7. The van der Waals surface area contributed by atoms with E-state index in [1.54, 1.807) is 0 Å².